The second kappa shape index (κ2) is 4.08. The molecule has 0 N–H and O–H groups in total. The Kier molecular flexibility index (Phi) is 2.73. The predicted molar refractivity (Wildman–Crippen MR) is 71.6 cm³/mol. The van der Waals surface area contributed by atoms with Gasteiger partial charge in [-0.3, -0.25) is 0 Å². The van der Waals surface area contributed by atoms with Gasteiger partial charge in [0.15, 0.2) is 0 Å². The second-order valence-electron chi connectivity index (χ2n) is 5.21. The maximum Gasteiger partial charge on any atom is 0.306 e. The molecule has 1 aromatic rings. The Balaban J connectivity index is 2.00. The van der Waals surface area contributed by atoms with Crippen LogP contribution in [0.15, 0.2) is 30.4 Å². The van der Waals surface area contributed by atoms with E-state index in [9.17, 15) is 8.42 Å². The Morgan fingerprint density at radius 2 is 2.21 bits per heavy atom. The summed E-state index contributed by atoms with van der Waals surface area (Å²) in [5.74, 6) is 0.377. The van der Waals surface area contributed by atoms with Crippen molar-refractivity contribution in [3.8, 4) is 5.75 Å². The summed E-state index contributed by atoms with van der Waals surface area (Å²) in [6, 6.07) is 5.62. The minimum absolute atomic E-state index is 0.195. The molecule has 0 spiro atoms. The quantitative estimate of drug-likeness (QED) is 0.629. The number of ether oxygens (including phenoxy) is 1. The van der Waals surface area contributed by atoms with Gasteiger partial charge in [-0.25, -0.2) is 0 Å². The lowest BCUT2D eigenvalue weighted by atomic mass is 9.87. The normalized spacial score (nSPS) is 28.8. The Hall–Kier alpha value is -1.33. The van der Waals surface area contributed by atoms with Crippen molar-refractivity contribution < 1.29 is 17.3 Å². The molecule has 4 nitrogen and oxygen atoms in total. The van der Waals surface area contributed by atoms with Gasteiger partial charge in [-0.1, -0.05) is 18.2 Å². The molecule has 2 heterocycles. The van der Waals surface area contributed by atoms with E-state index in [-0.39, 0.29) is 6.10 Å². The van der Waals surface area contributed by atoms with E-state index >= 15 is 0 Å². The number of hydrogen-bond donors (Lipinski definition) is 0. The molecule has 0 amide bonds. The summed E-state index contributed by atoms with van der Waals surface area (Å²) in [4.78, 5) is 0. The van der Waals surface area contributed by atoms with Gasteiger partial charge < -0.3 is 8.92 Å². The van der Waals surface area contributed by atoms with Gasteiger partial charge in [0, 0.05) is 0 Å². The Morgan fingerprint density at radius 1 is 1.42 bits per heavy atom. The third-order valence-electron chi connectivity index (χ3n) is 3.66. The first-order chi connectivity index (χ1) is 8.88. The summed E-state index contributed by atoms with van der Waals surface area (Å²) >= 11 is 0. The summed E-state index contributed by atoms with van der Waals surface area (Å²) in [5, 5.41) is 0. The van der Waals surface area contributed by atoms with E-state index in [0.717, 1.165) is 30.2 Å². The van der Waals surface area contributed by atoms with Crippen LogP contribution < -0.4 is 4.18 Å². The van der Waals surface area contributed by atoms with Gasteiger partial charge in [-0.05, 0) is 43.0 Å². The zero-order chi connectivity index (χ0) is 13.7. The van der Waals surface area contributed by atoms with E-state index in [4.69, 9.17) is 8.92 Å². The Bertz CT molecular complexity index is 647. The fourth-order valence-electron chi connectivity index (χ4n) is 2.69. The molecule has 2 aliphatic heterocycles. The molecule has 1 fully saturated rings. The lowest BCUT2D eigenvalue weighted by molar-refractivity contribution is 0.0296. The van der Waals surface area contributed by atoms with Crippen LogP contribution in [0.5, 0.6) is 5.75 Å². The van der Waals surface area contributed by atoms with Crippen molar-refractivity contribution in [2.75, 3.05) is 6.26 Å². The predicted octanol–water partition coefficient (Wildman–Crippen LogP) is 2.28. The fourth-order valence-corrected chi connectivity index (χ4v) is 3.20. The first kappa shape index (κ1) is 12.7. The fraction of sp³-hybridized carbons (Fsp3) is 0.429. The summed E-state index contributed by atoms with van der Waals surface area (Å²) in [6.45, 7) is 1.82. The highest BCUT2D eigenvalue weighted by atomic mass is 32.2. The van der Waals surface area contributed by atoms with Crippen molar-refractivity contribution in [2.45, 2.75) is 31.5 Å². The van der Waals surface area contributed by atoms with E-state index in [2.05, 4.69) is 12.2 Å². The molecular weight excluding hydrogens is 264 g/mol. The zero-order valence-electron chi connectivity index (χ0n) is 10.9. The van der Waals surface area contributed by atoms with Gasteiger partial charge in [0.05, 0.1) is 12.4 Å². The summed E-state index contributed by atoms with van der Waals surface area (Å²) in [6.07, 6.45) is 7.31. The lowest BCUT2D eigenvalue weighted by Crippen LogP contribution is -2.20. The maximum absolute atomic E-state index is 11.3. The average Bonchev–Trinajstić information content (AvgIpc) is 2.91. The van der Waals surface area contributed by atoms with Crippen molar-refractivity contribution >= 4 is 10.1 Å². The molecule has 0 radical (unpaired) electrons. The van der Waals surface area contributed by atoms with Crippen LogP contribution in [-0.4, -0.2) is 20.8 Å². The van der Waals surface area contributed by atoms with E-state index in [1.807, 2.05) is 19.1 Å². The highest BCUT2D eigenvalue weighted by Gasteiger charge is 2.43. The van der Waals surface area contributed by atoms with Gasteiger partial charge in [0.1, 0.15) is 11.4 Å². The summed E-state index contributed by atoms with van der Waals surface area (Å²) in [5.41, 5.74) is 1.35. The van der Waals surface area contributed by atoms with Crippen LogP contribution in [-0.2, 0) is 20.5 Å². The third-order valence-corrected chi connectivity index (χ3v) is 4.14. The number of benzene rings is 1. The number of hydrogen-bond acceptors (Lipinski definition) is 4. The maximum atomic E-state index is 11.3. The second-order valence-corrected chi connectivity index (χ2v) is 6.79. The zero-order valence-corrected chi connectivity index (χ0v) is 11.7. The lowest BCUT2D eigenvalue weighted by Gasteiger charge is -2.23. The molecular formula is C14H16O4S. The molecule has 0 saturated carbocycles. The molecule has 3 rings (SSSR count). The first-order valence-electron chi connectivity index (χ1n) is 6.26. The summed E-state index contributed by atoms with van der Waals surface area (Å²) < 4.78 is 33.5. The largest absolute Gasteiger partial charge is 0.382 e. The van der Waals surface area contributed by atoms with Crippen molar-refractivity contribution in [1.29, 1.82) is 0 Å². The average molecular weight is 280 g/mol. The topological polar surface area (TPSA) is 52.6 Å². The van der Waals surface area contributed by atoms with Crippen LogP contribution in [0.3, 0.4) is 0 Å². The third kappa shape index (κ3) is 2.28. The monoisotopic (exact) mass is 280 g/mol. The Morgan fingerprint density at radius 3 is 2.74 bits per heavy atom. The molecule has 1 saturated heterocycles. The van der Waals surface area contributed by atoms with E-state index < -0.39 is 15.7 Å². The van der Waals surface area contributed by atoms with Crippen molar-refractivity contribution in [2.24, 2.45) is 0 Å². The standard InChI is InChI=1S/C14H16O4S/c1-10-3-4-11(9-13(10)18-19(2,15)16)14-7-5-12(17-14)6-8-14/h3-5,7,9,12H,6,8H2,1-2H3. The molecule has 1 aromatic carbocycles. The van der Waals surface area contributed by atoms with Gasteiger partial charge in [0.2, 0.25) is 0 Å². The van der Waals surface area contributed by atoms with Gasteiger partial charge in [-0.15, -0.1) is 0 Å². The van der Waals surface area contributed by atoms with E-state index in [1.54, 1.807) is 6.07 Å². The van der Waals surface area contributed by atoms with Crippen LogP contribution in [0, 0.1) is 6.92 Å². The SMILES string of the molecule is Cc1ccc(C23C=CC(CC2)O3)cc1OS(C)(=O)=O. The molecule has 2 aliphatic rings. The van der Waals surface area contributed by atoms with Gasteiger partial charge in [0.25, 0.3) is 0 Å². The number of fused-ring (bicyclic) bond motifs is 2. The summed E-state index contributed by atoms with van der Waals surface area (Å²) in [7, 11) is -3.51. The van der Waals surface area contributed by atoms with Crippen molar-refractivity contribution in [1.82, 2.24) is 0 Å². The number of rotatable bonds is 3. The molecule has 0 aromatic heterocycles. The molecule has 2 unspecified atom stereocenters. The van der Waals surface area contributed by atoms with E-state index in [1.165, 1.54) is 0 Å². The molecule has 2 atom stereocenters. The minimum atomic E-state index is -3.51. The molecule has 5 heteroatoms. The van der Waals surface area contributed by atoms with Gasteiger partial charge >= 0.3 is 10.1 Å². The highest BCUT2D eigenvalue weighted by molar-refractivity contribution is 7.86. The highest BCUT2D eigenvalue weighted by Crippen LogP contribution is 2.46. The molecule has 2 bridgehead atoms. The molecule has 0 aliphatic carbocycles. The van der Waals surface area contributed by atoms with Crippen molar-refractivity contribution in [3.05, 3.63) is 41.5 Å². The van der Waals surface area contributed by atoms with Crippen LogP contribution in [0.4, 0.5) is 0 Å². The first-order valence-corrected chi connectivity index (χ1v) is 8.07. The number of aryl methyl sites for hydroxylation is 1. The van der Waals surface area contributed by atoms with E-state index in [0.29, 0.717) is 5.75 Å². The van der Waals surface area contributed by atoms with Crippen LogP contribution >= 0.6 is 0 Å². The van der Waals surface area contributed by atoms with Crippen LogP contribution in [0.1, 0.15) is 24.0 Å². The van der Waals surface area contributed by atoms with Crippen LogP contribution in [0.25, 0.3) is 0 Å². The minimum Gasteiger partial charge on any atom is -0.382 e. The molecule has 19 heavy (non-hydrogen) atoms. The van der Waals surface area contributed by atoms with Gasteiger partial charge in [-0.2, -0.15) is 8.42 Å². The Labute approximate surface area is 113 Å². The smallest absolute Gasteiger partial charge is 0.306 e. The van der Waals surface area contributed by atoms with Crippen molar-refractivity contribution in [3.63, 3.8) is 0 Å². The molecule has 102 valence electrons. The van der Waals surface area contributed by atoms with Crippen LogP contribution in [0.2, 0.25) is 0 Å².